The zero-order chi connectivity index (χ0) is 13.7. The van der Waals surface area contributed by atoms with Crippen molar-refractivity contribution in [3.05, 3.63) is 52.4 Å². The molecular formula is C15H18BrNO2. The number of rotatable bonds is 6. The third-order valence-electron chi connectivity index (χ3n) is 2.95. The minimum Gasteiger partial charge on any atom is -0.452 e. The first kappa shape index (κ1) is 14.2. The number of aliphatic hydroxyl groups is 1. The van der Waals surface area contributed by atoms with Crippen LogP contribution in [0.3, 0.4) is 0 Å². The molecule has 1 heterocycles. The topological polar surface area (TPSA) is 45.4 Å². The molecule has 0 bridgehead atoms. The molecule has 2 rings (SSSR count). The van der Waals surface area contributed by atoms with Gasteiger partial charge >= 0.3 is 0 Å². The van der Waals surface area contributed by atoms with Crippen LogP contribution < -0.4 is 5.32 Å². The molecule has 2 aromatic rings. The minimum atomic E-state index is 0.111. The molecule has 1 atom stereocenters. The third kappa shape index (κ3) is 4.11. The van der Waals surface area contributed by atoms with Crippen molar-refractivity contribution < 1.29 is 9.52 Å². The first-order valence-electron chi connectivity index (χ1n) is 6.40. The summed E-state index contributed by atoms with van der Waals surface area (Å²) >= 11 is 3.31. The van der Waals surface area contributed by atoms with Gasteiger partial charge in [-0.3, -0.25) is 0 Å². The summed E-state index contributed by atoms with van der Waals surface area (Å²) < 4.78 is 6.28. The van der Waals surface area contributed by atoms with Crippen LogP contribution in [0.25, 0.3) is 0 Å². The molecule has 0 radical (unpaired) electrons. The number of benzene rings is 1. The van der Waals surface area contributed by atoms with Crippen LogP contribution in [-0.4, -0.2) is 11.7 Å². The molecule has 2 N–H and O–H groups in total. The molecule has 0 spiro atoms. The van der Waals surface area contributed by atoms with Crippen LogP contribution in [0, 0.1) is 0 Å². The molecule has 0 aliphatic carbocycles. The highest BCUT2D eigenvalue weighted by Crippen LogP contribution is 2.24. The van der Waals surface area contributed by atoms with Gasteiger partial charge < -0.3 is 14.8 Å². The van der Waals surface area contributed by atoms with Crippen molar-refractivity contribution in [3.8, 4) is 0 Å². The highest BCUT2D eigenvalue weighted by molar-refractivity contribution is 9.10. The van der Waals surface area contributed by atoms with Gasteiger partial charge in [0.15, 0.2) is 4.67 Å². The highest BCUT2D eigenvalue weighted by Gasteiger charge is 2.09. The lowest BCUT2D eigenvalue weighted by atomic mass is 10.1. The summed E-state index contributed by atoms with van der Waals surface area (Å²) in [5, 5.41) is 12.3. The van der Waals surface area contributed by atoms with Gasteiger partial charge in [-0.05, 0) is 65.5 Å². The Bertz CT molecular complexity index is 524. The standard InChI is InChI=1S/C15H18BrNO2/c1-11(14-7-8-15(16)19-14)17-13-6-2-4-12(10-13)5-3-9-18/h2,4,6-8,10-11,17-18H,3,5,9H2,1H3. The second-order valence-corrected chi connectivity index (χ2v) is 5.32. The summed E-state index contributed by atoms with van der Waals surface area (Å²) in [5.41, 5.74) is 2.29. The fourth-order valence-electron chi connectivity index (χ4n) is 1.98. The molecule has 3 nitrogen and oxygen atoms in total. The van der Waals surface area contributed by atoms with E-state index in [1.165, 1.54) is 5.56 Å². The SMILES string of the molecule is CC(Nc1cccc(CCCO)c1)c1ccc(Br)o1. The summed E-state index contributed by atoms with van der Waals surface area (Å²) in [6, 6.07) is 12.2. The van der Waals surface area contributed by atoms with Gasteiger partial charge in [-0.15, -0.1) is 0 Å². The molecule has 0 aliphatic heterocycles. The summed E-state index contributed by atoms with van der Waals surface area (Å²) in [4.78, 5) is 0. The summed E-state index contributed by atoms with van der Waals surface area (Å²) in [6.07, 6.45) is 1.69. The number of aryl methyl sites for hydroxylation is 1. The molecular weight excluding hydrogens is 306 g/mol. The Hall–Kier alpha value is -1.26. The van der Waals surface area contributed by atoms with Gasteiger partial charge in [-0.1, -0.05) is 12.1 Å². The maximum absolute atomic E-state index is 8.86. The van der Waals surface area contributed by atoms with Crippen LogP contribution in [0.5, 0.6) is 0 Å². The summed E-state index contributed by atoms with van der Waals surface area (Å²) in [7, 11) is 0. The van der Waals surface area contributed by atoms with E-state index in [1.54, 1.807) is 0 Å². The number of hydrogen-bond acceptors (Lipinski definition) is 3. The van der Waals surface area contributed by atoms with Crippen LogP contribution in [0.15, 0.2) is 45.5 Å². The Labute approximate surface area is 121 Å². The minimum absolute atomic E-state index is 0.111. The van der Waals surface area contributed by atoms with E-state index in [2.05, 4.69) is 40.3 Å². The first-order valence-corrected chi connectivity index (χ1v) is 7.20. The van der Waals surface area contributed by atoms with Crippen molar-refractivity contribution in [3.63, 3.8) is 0 Å². The molecule has 4 heteroatoms. The Balaban J connectivity index is 2.02. The largest absolute Gasteiger partial charge is 0.452 e. The Morgan fingerprint density at radius 2 is 2.16 bits per heavy atom. The average Bonchev–Trinajstić information content (AvgIpc) is 2.83. The van der Waals surface area contributed by atoms with Gasteiger partial charge in [0.25, 0.3) is 0 Å². The zero-order valence-electron chi connectivity index (χ0n) is 10.9. The maximum atomic E-state index is 8.86. The van der Waals surface area contributed by atoms with E-state index in [9.17, 15) is 0 Å². The summed E-state index contributed by atoms with van der Waals surface area (Å²) in [5.74, 6) is 0.896. The van der Waals surface area contributed by atoms with E-state index in [0.29, 0.717) is 0 Å². The van der Waals surface area contributed by atoms with Crippen molar-refractivity contribution >= 4 is 21.6 Å². The molecule has 102 valence electrons. The Kier molecular flexibility index (Phi) is 5.05. The first-order chi connectivity index (χ1) is 9.19. The van der Waals surface area contributed by atoms with Crippen molar-refractivity contribution in [1.29, 1.82) is 0 Å². The number of nitrogens with one attached hydrogen (secondary N) is 1. The van der Waals surface area contributed by atoms with Crippen molar-refractivity contribution in [1.82, 2.24) is 0 Å². The average molecular weight is 324 g/mol. The van der Waals surface area contributed by atoms with Crippen molar-refractivity contribution in [2.24, 2.45) is 0 Å². The lowest BCUT2D eigenvalue weighted by Crippen LogP contribution is -2.05. The molecule has 19 heavy (non-hydrogen) atoms. The smallest absolute Gasteiger partial charge is 0.169 e. The molecule has 1 aromatic carbocycles. The number of hydrogen-bond donors (Lipinski definition) is 2. The number of anilines is 1. The lowest BCUT2D eigenvalue weighted by Gasteiger charge is -2.13. The number of furan rings is 1. The van der Waals surface area contributed by atoms with Crippen molar-refractivity contribution in [2.75, 3.05) is 11.9 Å². The summed E-state index contributed by atoms with van der Waals surface area (Å²) in [6.45, 7) is 2.29. The van der Waals surface area contributed by atoms with Crippen LogP contribution >= 0.6 is 15.9 Å². The van der Waals surface area contributed by atoms with Crippen LogP contribution in [0.1, 0.15) is 30.7 Å². The predicted octanol–water partition coefficient (Wildman–Crippen LogP) is 4.14. The molecule has 0 saturated heterocycles. The zero-order valence-corrected chi connectivity index (χ0v) is 12.5. The van der Waals surface area contributed by atoms with E-state index in [4.69, 9.17) is 9.52 Å². The van der Waals surface area contributed by atoms with Gasteiger partial charge in [0.05, 0.1) is 6.04 Å². The molecule has 0 aliphatic rings. The molecule has 0 amide bonds. The van der Waals surface area contributed by atoms with Gasteiger partial charge in [0.2, 0.25) is 0 Å². The monoisotopic (exact) mass is 323 g/mol. The number of aliphatic hydroxyl groups excluding tert-OH is 1. The van der Waals surface area contributed by atoms with E-state index in [-0.39, 0.29) is 12.6 Å². The Morgan fingerprint density at radius 1 is 1.32 bits per heavy atom. The fraction of sp³-hybridized carbons (Fsp3) is 0.333. The van der Waals surface area contributed by atoms with E-state index in [0.717, 1.165) is 29.0 Å². The third-order valence-corrected chi connectivity index (χ3v) is 3.38. The normalized spacial score (nSPS) is 12.4. The fourth-order valence-corrected chi connectivity index (χ4v) is 2.30. The van der Waals surface area contributed by atoms with Gasteiger partial charge in [0.1, 0.15) is 5.76 Å². The maximum Gasteiger partial charge on any atom is 0.169 e. The van der Waals surface area contributed by atoms with Crippen LogP contribution in [0.2, 0.25) is 0 Å². The van der Waals surface area contributed by atoms with Crippen LogP contribution in [-0.2, 0) is 6.42 Å². The second-order valence-electron chi connectivity index (χ2n) is 4.54. The van der Waals surface area contributed by atoms with Gasteiger partial charge in [0, 0.05) is 12.3 Å². The molecule has 1 unspecified atom stereocenters. The quantitative estimate of drug-likeness (QED) is 0.839. The second kappa shape index (κ2) is 6.78. The van der Waals surface area contributed by atoms with Gasteiger partial charge in [-0.25, -0.2) is 0 Å². The number of halogens is 1. The molecule has 1 aromatic heterocycles. The van der Waals surface area contributed by atoms with E-state index >= 15 is 0 Å². The molecule has 0 saturated carbocycles. The van der Waals surface area contributed by atoms with E-state index < -0.39 is 0 Å². The van der Waals surface area contributed by atoms with E-state index in [1.807, 2.05) is 24.3 Å². The molecule has 0 fully saturated rings. The lowest BCUT2D eigenvalue weighted by molar-refractivity contribution is 0.288. The van der Waals surface area contributed by atoms with Crippen molar-refractivity contribution in [2.45, 2.75) is 25.8 Å². The Morgan fingerprint density at radius 3 is 2.84 bits per heavy atom. The highest BCUT2D eigenvalue weighted by atomic mass is 79.9. The predicted molar refractivity (Wildman–Crippen MR) is 80.3 cm³/mol. The van der Waals surface area contributed by atoms with Crippen LogP contribution in [0.4, 0.5) is 5.69 Å². The van der Waals surface area contributed by atoms with Gasteiger partial charge in [-0.2, -0.15) is 0 Å².